The molecule has 0 saturated carbocycles. The molecular formula is C19H20N4O5S2. The molecule has 1 aliphatic heterocycles. The van der Waals surface area contributed by atoms with Crippen molar-refractivity contribution in [1.29, 1.82) is 0 Å². The molecular weight excluding hydrogens is 428 g/mol. The lowest BCUT2D eigenvalue weighted by molar-refractivity contribution is -0.115. The van der Waals surface area contributed by atoms with E-state index in [0.29, 0.717) is 41.1 Å². The number of thioether (sulfide) groups is 1. The van der Waals surface area contributed by atoms with Crippen molar-refractivity contribution in [3.63, 3.8) is 0 Å². The van der Waals surface area contributed by atoms with E-state index in [1.807, 2.05) is 0 Å². The summed E-state index contributed by atoms with van der Waals surface area (Å²) in [6.45, 7) is 2.74. The summed E-state index contributed by atoms with van der Waals surface area (Å²) in [5.74, 6) is 1.05. The van der Waals surface area contributed by atoms with Crippen LogP contribution in [0, 0.1) is 0 Å². The first-order chi connectivity index (χ1) is 14.2. The zero-order valence-electron chi connectivity index (χ0n) is 16.3. The van der Waals surface area contributed by atoms with E-state index in [-0.39, 0.29) is 10.8 Å². The summed E-state index contributed by atoms with van der Waals surface area (Å²) in [6, 6.07) is 9.75. The average molecular weight is 449 g/mol. The fourth-order valence-corrected chi connectivity index (χ4v) is 4.44. The number of ether oxygens (including phenoxy) is 2. The third-order valence-electron chi connectivity index (χ3n) is 4.60. The van der Waals surface area contributed by atoms with Crippen molar-refractivity contribution in [2.24, 2.45) is 12.2 Å². The van der Waals surface area contributed by atoms with E-state index in [2.05, 4.69) is 10.3 Å². The number of hydrogen-bond acceptors (Lipinski definition) is 7. The first-order valence-electron chi connectivity index (χ1n) is 9.09. The maximum atomic E-state index is 12.7. The van der Waals surface area contributed by atoms with Gasteiger partial charge in [-0.3, -0.25) is 4.79 Å². The van der Waals surface area contributed by atoms with E-state index >= 15 is 0 Å². The number of fused-ring (bicyclic) bond motifs is 2. The van der Waals surface area contributed by atoms with E-state index < -0.39 is 15.3 Å². The molecule has 1 aromatic heterocycles. The molecule has 1 aliphatic rings. The van der Waals surface area contributed by atoms with E-state index in [1.165, 1.54) is 23.9 Å². The van der Waals surface area contributed by atoms with Crippen LogP contribution in [-0.2, 0) is 21.9 Å². The Labute approximate surface area is 177 Å². The van der Waals surface area contributed by atoms with Gasteiger partial charge in [-0.1, -0.05) is 11.8 Å². The Hall–Kier alpha value is -2.76. The fourth-order valence-electron chi connectivity index (χ4n) is 3.02. The van der Waals surface area contributed by atoms with Crippen LogP contribution in [0.2, 0.25) is 0 Å². The van der Waals surface area contributed by atoms with Gasteiger partial charge in [0.05, 0.1) is 21.2 Å². The van der Waals surface area contributed by atoms with Crippen molar-refractivity contribution in [2.75, 3.05) is 18.5 Å². The highest BCUT2D eigenvalue weighted by atomic mass is 32.2. The van der Waals surface area contributed by atoms with Crippen molar-refractivity contribution in [1.82, 2.24) is 9.55 Å². The van der Waals surface area contributed by atoms with Crippen LogP contribution >= 0.6 is 11.8 Å². The molecule has 0 aliphatic carbocycles. The number of nitrogens with one attached hydrogen (secondary N) is 1. The van der Waals surface area contributed by atoms with Crippen LogP contribution in [0.4, 0.5) is 5.69 Å². The SMILES string of the molecule is C[C@H](Sc1nc2cc(S(N)(=O)=O)ccc2n1C)C(=O)Nc1ccc2c(c1)OCCO2. The topological polar surface area (TPSA) is 126 Å². The molecule has 0 saturated heterocycles. The standard InChI is InChI=1S/C19H20N4O5S2/c1-11(18(24)21-12-3-6-16-17(9-12)28-8-7-27-16)29-19-22-14-10-13(30(20,25)26)4-5-15(14)23(19)2/h3-6,9-11H,7-8H2,1-2H3,(H,21,24)(H2,20,25,26)/t11-/m0/s1. The number of carbonyl (C=O) groups is 1. The lowest BCUT2D eigenvalue weighted by Gasteiger charge is -2.19. The molecule has 30 heavy (non-hydrogen) atoms. The Morgan fingerprint density at radius 3 is 2.67 bits per heavy atom. The summed E-state index contributed by atoms with van der Waals surface area (Å²) in [4.78, 5) is 17.1. The molecule has 158 valence electrons. The number of aryl methyl sites for hydroxylation is 1. The molecule has 3 N–H and O–H groups in total. The molecule has 0 radical (unpaired) electrons. The van der Waals surface area contributed by atoms with Gasteiger partial charge < -0.3 is 19.4 Å². The van der Waals surface area contributed by atoms with Gasteiger partial charge in [0.2, 0.25) is 15.9 Å². The number of primary sulfonamides is 1. The van der Waals surface area contributed by atoms with E-state index in [4.69, 9.17) is 14.6 Å². The average Bonchev–Trinajstić information content (AvgIpc) is 3.02. The predicted octanol–water partition coefficient (Wildman–Crippen LogP) is 2.11. The van der Waals surface area contributed by atoms with E-state index in [1.54, 1.807) is 42.8 Å². The van der Waals surface area contributed by atoms with Crippen LogP contribution in [0.5, 0.6) is 11.5 Å². The van der Waals surface area contributed by atoms with Gasteiger partial charge in [-0.2, -0.15) is 0 Å². The fraction of sp³-hybridized carbons (Fsp3) is 0.263. The molecule has 2 heterocycles. The highest BCUT2D eigenvalue weighted by Gasteiger charge is 2.20. The summed E-state index contributed by atoms with van der Waals surface area (Å²) in [6.07, 6.45) is 0. The van der Waals surface area contributed by atoms with Crippen LogP contribution in [0.15, 0.2) is 46.5 Å². The van der Waals surface area contributed by atoms with Crippen molar-refractivity contribution in [3.05, 3.63) is 36.4 Å². The number of carbonyl (C=O) groups excluding carboxylic acids is 1. The molecule has 1 atom stereocenters. The smallest absolute Gasteiger partial charge is 0.238 e. The minimum absolute atomic E-state index is 0.00551. The Morgan fingerprint density at radius 1 is 1.20 bits per heavy atom. The van der Waals surface area contributed by atoms with Gasteiger partial charge in [-0.05, 0) is 37.3 Å². The predicted molar refractivity (Wildman–Crippen MR) is 113 cm³/mol. The summed E-state index contributed by atoms with van der Waals surface area (Å²) in [5.41, 5.74) is 1.84. The van der Waals surface area contributed by atoms with Gasteiger partial charge >= 0.3 is 0 Å². The molecule has 0 unspecified atom stereocenters. The summed E-state index contributed by atoms with van der Waals surface area (Å²) in [5, 5.41) is 8.19. The zero-order chi connectivity index (χ0) is 21.5. The maximum absolute atomic E-state index is 12.7. The minimum atomic E-state index is -3.81. The minimum Gasteiger partial charge on any atom is -0.486 e. The maximum Gasteiger partial charge on any atom is 0.238 e. The van der Waals surface area contributed by atoms with Gasteiger partial charge in [-0.25, -0.2) is 18.5 Å². The van der Waals surface area contributed by atoms with Gasteiger partial charge in [0.15, 0.2) is 16.7 Å². The third kappa shape index (κ3) is 4.09. The highest BCUT2D eigenvalue weighted by molar-refractivity contribution is 8.00. The molecule has 4 rings (SSSR count). The van der Waals surface area contributed by atoms with Gasteiger partial charge in [0.1, 0.15) is 13.2 Å². The van der Waals surface area contributed by atoms with Crippen molar-refractivity contribution in [3.8, 4) is 11.5 Å². The zero-order valence-corrected chi connectivity index (χ0v) is 17.9. The second kappa shape index (κ2) is 7.82. The van der Waals surface area contributed by atoms with Crippen LogP contribution in [0.1, 0.15) is 6.92 Å². The van der Waals surface area contributed by atoms with Crippen LogP contribution in [0.3, 0.4) is 0 Å². The molecule has 3 aromatic rings. The van der Waals surface area contributed by atoms with Crippen LogP contribution in [0.25, 0.3) is 11.0 Å². The van der Waals surface area contributed by atoms with E-state index in [0.717, 1.165) is 5.52 Å². The first-order valence-corrected chi connectivity index (χ1v) is 11.5. The van der Waals surface area contributed by atoms with Crippen molar-refractivity contribution < 1.29 is 22.7 Å². The van der Waals surface area contributed by atoms with Gasteiger partial charge in [0, 0.05) is 18.8 Å². The second-order valence-corrected chi connectivity index (χ2v) is 9.63. The highest BCUT2D eigenvalue weighted by Crippen LogP contribution is 2.33. The molecule has 1 amide bonds. The number of sulfonamides is 1. The number of imidazole rings is 1. The molecule has 11 heteroatoms. The van der Waals surface area contributed by atoms with Gasteiger partial charge in [-0.15, -0.1) is 0 Å². The first kappa shape index (κ1) is 20.5. The van der Waals surface area contributed by atoms with Crippen molar-refractivity contribution in [2.45, 2.75) is 22.2 Å². The third-order valence-corrected chi connectivity index (χ3v) is 6.66. The summed E-state index contributed by atoms with van der Waals surface area (Å²) >= 11 is 1.27. The Morgan fingerprint density at radius 2 is 1.93 bits per heavy atom. The number of hydrogen-bond donors (Lipinski definition) is 2. The Kier molecular flexibility index (Phi) is 5.35. The van der Waals surface area contributed by atoms with E-state index in [9.17, 15) is 13.2 Å². The second-order valence-electron chi connectivity index (χ2n) is 6.76. The molecule has 0 bridgehead atoms. The number of aromatic nitrogens is 2. The van der Waals surface area contributed by atoms with Crippen molar-refractivity contribution >= 4 is 44.4 Å². The largest absolute Gasteiger partial charge is 0.486 e. The lowest BCUT2D eigenvalue weighted by atomic mass is 10.2. The summed E-state index contributed by atoms with van der Waals surface area (Å²) in [7, 11) is -2.01. The van der Waals surface area contributed by atoms with Crippen LogP contribution in [-0.4, -0.2) is 42.3 Å². The number of nitrogens with zero attached hydrogens (tertiary/aromatic N) is 2. The number of nitrogens with two attached hydrogens (primary N) is 1. The van der Waals surface area contributed by atoms with Crippen LogP contribution < -0.4 is 19.9 Å². The number of amides is 1. The Balaban J connectivity index is 1.50. The quantitative estimate of drug-likeness (QED) is 0.573. The number of benzene rings is 2. The molecule has 9 nitrogen and oxygen atoms in total. The lowest BCUT2D eigenvalue weighted by Crippen LogP contribution is -2.23. The number of anilines is 1. The Bertz CT molecular complexity index is 1240. The molecule has 2 aromatic carbocycles. The van der Waals surface area contributed by atoms with Gasteiger partial charge in [0.25, 0.3) is 0 Å². The monoisotopic (exact) mass is 448 g/mol. The molecule has 0 fully saturated rings. The summed E-state index contributed by atoms with van der Waals surface area (Å²) < 4.78 is 36.0. The molecule has 0 spiro atoms. The number of rotatable bonds is 5. The normalized spacial score (nSPS) is 14.5.